The highest BCUT2D eigenvalue weighted by Gasteiger charge is 2.25. The predicted octanol–water partition coefficient (Wildman–Crippen LogP) is 4.95. The van der Waals surface area contributed by atoms with Crippen molar-refractivity contribution in [3.05, 3.63) is 71.8 Å². The number of fused-ring (bicyclic) bond motifs is 1. The van der Waals surface area contributed by atoms with Crippen LogP contribution in [0.5, 0.6) is 11.5 Å². The minimum absolute atomic E-state index is 0.458. The monoisotopic (exact) mass is 337 g/mol. The summed E-state index contributed by atoms with van der Waals surface area (Å²) >= 11 is 6.54. The molecule has 1 N–H and O–H groups in total. The number of rotatable bonds is 3. The molecule has 3 nitrogen and oxygen atoms in total. The highest BCUT2D eigenvalue weighted by Crippen LogP contribution is 2.43. The van der Waals surface area contributed by atoms with E-state index in [1.54, 1.807) is 7.05 Å². The van der Waals surface area contributed by atoms with Gasteiger partial charge in [-0.1, -0.05) is 66.2 Å². The van der Waals surface area contributed by atoms with E-state index < -0.39 is 6.41 Å². The van der Waals surface area contributed by atoms with Gasteiger partial charge in [-0.15, -0.1) is 0 Å². The molecule has 24 heavy (non-hydrogen) atoms. The second kappa shape index (κ2) is 6.19. The minimum Gasteiger partial charge on any atom is -0.438 e. The van der Waals surface area contributed by atoms with Gasteiger partial charge in [0.05, 0.1) is 0 Å². The van der Waals surface area contributed by atoms with Crippen molar-refractivity contribution in [3.8, 4) is 33.8 Å². The average Bonchev–Trinajstić information content (AvgIpc) is 3.05. The lowest BCUT2D eigenvalue weighted by Gasteiger charge is -2.10. The molecule has 0 saturated carbocycles. The summed E-state index contributed by atoms with van der Waals surface area (Å²) < 4.78 is 11.5. The zero-order valence-electron chi connectivity index (χ0n) is 13.1. The first kappa shape index (κ1) is 15.1. The molecule has 4 heteroatoms. The lowest BCUT2D eigenvalue weighted by molar-refractivity contribution is 0.0257. The molecule has 120 valence electrons. The van der Waals surface area contributed by atoms with Crippen LogP contribution in [0.3, 0.4) is 0 Å². The van der Waals surface area contributed by atoms with Gasteiger partial charge >= 0.3 is 6.41 Å². The van der Waals surface area contributed by atoms with Crippen molar-refractivity contribution >= 4 is 11.6 Å². The van der Waals surface area contributed by atoms with Crippen LogP contribution in [0.15, 0.2) is 66.7 Å². The molecular formula is C20H16ClNO2. The molecular weight excluding hydrogens is 322 g/mol. The van der Waals surface area contributed by atoms with Crippen LogP contribution in [0.1, 0.15) is 0 Å². The van der Waals surface area contributed by atoms with Gasteiger partial charge in [0.15, 0.2) is 11.5 Å². The third-order valence-corrected chi connectivity index (χ3v) is 4.35. The van der Waals surface area contributed by atoms with Crippen LogP contribution in [0.2, 0.25) is 5.02 Å². The molecule has 0 saturated heterocycles. The van der Waals surface area contributed by atoms with Gasteiger partial charge in [-0.3, -0.25) is 5.32 Å². The maximum absolute atomic E-state index is 6.54. The smallest absolute Gasteiger partial charge is 0.302 e. The molecule has 1 heterocycles. The molecule has 3 aromatic carbocycles. The zero-order valence-corrected chi connectivity index (χ0v) is 13.9. The van der Waals surface area contributed by atoms with Gasteiger partial charge in [0, 0.05) is 16.1 Å². The largest absolute Gasteiger partial charge is 0.438 e. The number of hydrogen-bond donors (Lipinski definition) is 1. The molecule has 1 aliphatic rings. The maximum Gasteiger partial charge on any atom is 0.302 e. The Balaban J connectivity index is 1.75. The van der Waals surface area contributed by atoms with Crippen molar-refractivity contribution in [3.63, 3.8) is 0 Å². The summed E-state index contributed by atoms with van der Waals surface area (Å²) in [5, 5.41) is 3.67. The van der Waals surface area contributed by atoms with Gasteiger partial charge in [0.25, 0.3) is 0 Å². The summed E-state index contributed by atoms with van der Waals surface area (Å²) in [7, 11) is 1.79. The van der Waals surface area contributed by atoms with Crippen LogP contribution in [-0.2, 0) is 0 Å². The van der Waals surface area contributed by atoms with Gasteiger partial charge in [-0.2, -0.15) is 0 Å². The first-order chi connectivity index (χ1) is 11.8. The molecule has 0 fully saturated rings. The van der Waals surface area contributed by atoms with Crippen LogP contribution in [0, 0.1) is 0 Å². The van der Waals surface area contributed by atoms with E-state index in [2.05, 4.69) is 23.5 Å². The Bertz CT molecular complexity index is 880. The Morgan fingerprint density at radius 1 is 0.833 bits per heavy atom. The summed E-state index contributed by atoms with van der Waals surface area (Å²) in [6, 6.07) is 22.0. The molecule has 0 amide bonds. The fourth-order valence-corrected chi connectivity index (χ4v) is 3.15. The third kappa shape index (κ3) is 2.62. The van der Waals surface area contributed by atoms with E-state index in [0.717, 1.165) is 33.8 Å². The summed E-state index contributed by atoms with van der Waals surface area (Å²) in [5.41, 5.74) is 4.07. The van der Waals surface area contributed by atoms with Gasteiger partial charge in [0.2, 0.25) is 0 Å². The van der Waals surface area contributed by atoms with Crippen LogP contribution >= 0.6 is 11.6 Å². The van der Waals surface area contributed by atoms with E-state index in [1.165, 1.54) is 0 Å². The van der Waals surface area contributed by atoms with Crippen molar-refractivity contribution in [2.24, 2.45) is 0 Å². The van der Waals surface area contributed by atoms with Crippen molar-refractivity contribution in [1.29, 1.82) is 0 Å². The molecule has 0 bridgehead atoms. The van der Waals surface area contributed by atoms with Crippen molar-refractivity contribution in [2.45, 2.75) is 6.41 Å². The molecule has 0 radical (unpaired) electrons. The molecule has 0 aromatic heterocycles. The van der Waals surface area contributed by atoms with Crippen LogP contribution in [0.25, 0.3) is 22.3 Å². The Kier molecular flexibility index (Phi) is 3.89. The standard InChI is InChI=1S/C20H16ClNO2/c1-22-20-23-18-9-5-8-16(19(18)24-20)14-10-11-15(17(21)12-14)13-6-3-2-4-7-13/h2-12,20,22H,1H3. The summed E-state index contributed by atoms with van der Waals surface area (Å²) in [5.74, 6) is 1.47. The van der Waals surface area contributed by atoms with Gasteiger partial charge in [-0.25, -0.2) is 0 Å². The number of ether oxygens (including phenoxy) is 2. The second-order valence-electron chi connectivity index (χ2n) is 5.55. The first-order valence-electron chi connectivity index (χ1n) is 7.75. The van der Waals surface area contributed by atoms with Gasteiger partial charge < -0.3 is 9.47 Å². The Labute approximate surface area is 145 Å². The van der Waals surface area contributed by atoms with Crippen LogP contribution < -0.4 is 14.8 Å². The van der Waals surface area contributed by atoms with Crippen molar-refractivity contribution < 1.29 is 9.47 Å². The van der Waals surface area contributed by atoms with Gasteiger partial charge in [0.1, 0.15) is 0 Å². The molecule has 1 atom stereocenters. The third-order valence-electron chi connectivity index (χ3n) is 4.04. The summed E-state index contributed by atoms with van der Waals surface area (Å²) in [6.45, 7) is 0. The Morgan fingerprint density at radius 2 is 1.67 bits per heavy atom. The normalized spacial score (nSPS) is 15.5. The maximum atomic E-state index is 6.54. The quantitative estimate of drug-likeness (QED) is 0.733. The SMILES string of the molecule is CNC1Oc2cccc(-c3ccc(-c4ccccc4)c(Cl)c3)c2O1. The van der Waals surface area contributed by atoms with Crippen LogP contribution in [0.4, 0.5) is 0 Å². The number of para-hydroxylation sites is 1. The van der Waals surface area contributed by atoms with Crippen LogP contribution in [-0.4, -0.2) is 13.5 Å². The second-order valence-corrected chi connectivity index (χ2v) is 5.96. The lowest BCUT2D eigenvalue weighted by Crippen LogP contribution is -2.32. The molecule has 1 aliphatic heterocycles. The highest BCUT2D eigenvalue weighted by molar-refractivity contribution is 6.33. The Morgan fingerprint density at radius 3 is 2.42 bits per heavy atom. The predicted molar refractivity (Wildman–Crippen MR) is 96.4 cm³/mol. The van der Waals surface area contributed by atoms with E-state index >= 15 is 0 Å². The topological polar surface area (TPSA) is 30.5 Å². The Hall–Kier alpha value is -2.49. The number of nitrogens with one attached hydrogen (secondary N) is 1. The molecule has 3 aromatic rings. The highest BCUT2D eigenvalue weighted by atomic mass is 35.5. The molecule has 0 spiro atoms. The fraction of sp³-hybridized carbons (Fsp3) is 0.100. The average molecular weight is 338 g/mol. The van der Waals surface area contributed by atoms with E-state index in [-0.39, 0.29) is 0 Å². The van der Waals surface area contributed by atoms with E-state index in [0.29, 0.717) is 5.02 Å². The van der Waals surface area contributed by atoms with E-state index in [9.17, 15) is 0 Å². The zero-order chi connectivity index (χ0) is 16.5. The number of halogens is 1. The van der Waals surface area contributed by atoms with Crippen molar-refractivity contribution in [2.75, 3.05) is 7.05 Å². The van der Waals surface area contributed by atoms with Crippen molar-refractivity contribution in [1.82, 2.24) is 5.32 Å². The molecule has 4 rings (SSSR count). The minimum atomic E-state index is -0.458. The number of hydrogen-bond acceptors (Lipinski definition) is 3. The fourth-order valence-electron chi connectivity index (χ4n) is 2.86. The molecule has 1 unspecified atom stereocenters. The van der Waals surface area contributed by atoms with E-state index in [4.69, 9.17) is 21.1 Å². The van der Waals surface area contributed by atoms with Gasteiger partial charge in [-0.05, 0) is 30.3 Å². The summed E-state index contributed by atoms with van der Waals surface area (Å²) in [6.07, 6.45) is -0.458. The lowest BCUT2D eigenvalue weighted by atomic mass is 9.99. The van der Waals surface area contributed by atoms with E-state index in [1.807, 2.05) is 48.5 Å². The molecule has 0 aliphatic carbocycles. The first-order valence-corrected chi connectivity index (χ1v) is 8.13. The number of benzene rings is 3. The summed E-state index contributed by atoms with van der Waals surface area (Å²) in [4.78, 5) is 0.